The van der Waals surface area contributed by atoms with E-state index in [1.165, 1.54) is 59.5 Å². The Kier molecular flexibility index (Phi) is 6.28. The van der Waals surface area contributed by atoms with Crippen LogP contribution in [0, 0.1) is 12.8 Å². The van der Waals surface area contributed by atoms with Crippen LogP contribution in [0.25, 0.3) is 0 Å². The van der Waals surface area contributed by atoms with Gasteiger partial charge in [0.1, 0.15) is 0 Å². The van der Waals surface area contributed by atoms with Gasteiger partial charge in [-0.3, -0.25) is 9.69 Å². The molecule has 0 atom stereocenters. The number of fused-ring (bicyclic) bond motifs is 1. The Balaban J connectivity index is 1.20. The zero-order chi connectivity index (χ0) is 21.2. The monoisotopic (exact) mass is 438 g/mol. The maximum Gasteiger partial charge on any atom is 0.225 e. The van der Waals surface area contributed by atoms with Gasteiger partial charge < -0.3 is 10.2 Å². The molecule has 5 rings (SSSR count). The second kappa shape index (κ2) is 9.29. The van der Waals surface area contributed by atoms with Crippen molar-refractivity contribution in [2.45, 2.75) is 64.8 Å². The van der Waals surface area contributed by atoms with Gasteiger partial charge in [-0.05, 0) is 62.6 Å². The van der Waals surface area contributed by atoms with E-state index in [1.807, 2.05) is 11.3 Å². The van der Waals surface area contributed by atoms with Crippen LogP contribution in [0.2, 0.25) is 0 Å². The zero-order valence-corrected chi connectivity index (χ0v) is 19.5. The Labute approximate surface area is 189 Å². The van der Waals surface area contributed by atoms with Crippen molar-refractivity contribution in [3.63, 3.8) is 0 Å². The minimum absolute atomic E-state index is 0.299. The highest BCUT2D eigenvalue weighted by Crippen LogP contribution is 2.33. The molecule has 166 valence electrons. The first kappa shape index (κ1) is 21.0. The Hall–Kier alpha value is -1.92. The third-order valence-electron chi connectivity index (χ3n) is 7.32. The van der Waals surface area contributed by atoms with Crippen molar-refractivity contribution in [1.29, 1.82) is 0 Å². The number of hydrogen-bond acceptors (Lipinski definition) is 5. The molecule has 5 nitrogen and oxygen atoms in total. The van der Waals surface area contributed by atoms with Gasteiger partial charge in [-0.15, -0.1) is 11.3 Å². The first-order valence-electron chi connectivity index (χ1n) is 12.0. The molecular formula is C25H34N4OS. The predicted molar refractivity (Wildman–Crippen MR) is 127 cm³/mol. The lowest BCUT2D eigenvalue weighted by atomic mass is 10.0. The van der Waals surface area contributed by atoms with Crippen LogP contribution in [0.1, 0.15) is 60.2 Å². The Bertz CT molecular complexity index is 902. The number of nitrogens with zero attached hydrogens (tertiary/aromatic N) is 3. The topological polar surface area (TPSA) is 48.5 Å². The lowest BCUT2D eigenvalue weighted by molar-refractivity contribution is -0.137. The molecule has 1 saturated heterocycles. The average Bonchev–Trinajstić information content (AvgIpc) is 3.46. The number of carbonyl (C=O) groups excluding carboxylic acids is 1. The normalized spacial score (nSPS) is 20.1. The third kappa shape index (κ3) is 4.65. The zero-order valence-electron chi connectivity index (χ0n) is 18.7. The molecule has 1 aliphatic heterocycles. The molecule has 0 spiro atoms. The minimum atomic E-state index is 0.299. The molecule has 1 amide bonds. The summed E-state index contributed by atoms with van der Waals surface area (Å²) in [6, 6.07) is 6.55. The number of anilines is 2. The molecular weight excluding hydrogens is 404 g/mol. The van der Waals surface area contributed by atoms with Gasteiger partial charge in [-0.1, -0.05) is 25.0 Å². The molecule has 1 N–H and O–H groups in total. The SMILES string of the molecule is Cc1c(CN2CCN(C(=O)C3CCCC3)CC2)cccc1Nc1nc2c(s1)CCCC2. The molecule has 1 aromatic carbocycles. The van der Waals surface area contributed by atoms with E-state index in [9.17, 15) is 4.79 Å². The second-order valence-corrected chi connectivity index (χ2v) is 10.5. The molecule has 2 aliphatic carbocycles. The first-order valence-corrected chi connectivity index (χ1v) is 12.8. The van der Waals surface area contributed by atoms with Crippen molar-refractivity contribution in [2.75, 3.05) is 31.5 Å². The van der Waals surface area contributed by atoms with Crippen molar-refractivity contribution in [3.05, 3.63) is 39.9 Å². The summed E-state index contributed by atoms with van der Waals surface area (Å²) in [5.74, 6) is 0.707. The molecule has 2 heterocycles. The molecule has 1 saturated carbocycles. The number of piperazine rings is 1. The van der Waals surface area contributed by atoms with Crippen LogP contribution in [0.5, 0.6) is 0 Å². The van der Waals surface area contributed by atoms with Crippen molar-refractivity contribution >= 4 is 28.1 Å². The quantitative estimate of drug-likeness (QED) is 0.721. The summed E-state index contributed by atoms with van der Waals surface area (Å²) in [4.78, 5) is 23.6. The molecule has 0 radical (unpaired) electrons. The molecule has 0 unspecified atom stereocenters. The van der Waals surface area contributed by atoms with Crippen LogP contribution < -0.4 is 5.32 Å². The van der Waals surface area contributed by atoms with E-state index in [4.69, 9.17) is 4.98 Å². The summed E-state index contributed by atoms with van der Waals surface area (Å²) in [5.41, 5.74) is 5.14. The number of amides is 1. The lowest BCUT2D eigenvalue weighted by Crippen LogP contribution is -2.49. The van der Waals surface area contributed by atoms with E-state index >= 15 is 0 Å². The van der Waals surface area contributed by atoms with E-state index in [0.29, 0.717) is 11.8 Å². The van der Waals surface area contributed by atoms with Gasteiger partial charge in [0, 0.05) is 49.2 Å². The van der Waals surface area contributed by atoms with Crippen LogP contribution >= 0.6 is 11.3 Å². The lowest BCUT2D eigenvalue weighted by Gasteiger charge is -2.36. The molecule has 1 aromatic heterocycles. The highest BCUT2D eigenvalue weighted by Gasteiger charge is 2.29. The predicted octanol–water partition coefficient (Wildman–Crippen LogP) is 4.91. The summed E-state index contributed by atoms with van der Waals surface area (Å²) >= 11 is 1.82. The Morgan fingerprint density at radius 3 is 2.65 bits per heavy atom. The van der Waals surface area contributed by atoms with E-state index < -0.39 is 0 Å². The molecule has 0 bridgehead atoms. The standard InChI is InChI=1S/C25H34N4OS/c1-18-20(17-28-13-15-29(16-14-28)24(30)19-7-2-3-8-19)9-6-11-21(18)26-25-27-22-10-4-5-12-23(22)31-25/h6,9,11,19H,2-5,7-8,10,12-17H2,1H3,(H,26,27). The number of carbonyl (C=O) groups is 1. The van der Waals surface area contributed by atoms with Crippen LogP contribution in [0.4, 0.5) is 10.8 Å². The maximum atomic E-state index is 12.7. The number of aryl methyl sites for hydroxylation is 2. The molecule has 3 aliphatic rings. The highest BCUT2D eigenvalue weighted by atomic mass is 32.1. The van der Waals surface area contributed by atoms with Crippen LogP contribution in [0.15, 0.2) is 18.2 Å². The van der Waals surface area contributed by atoms with Crippen molar-refractivity contribution in [1.82, 2.24) is 14.8 Å². The average molecular weight is 439 g/mol. The minimum Gasteiger partial charge on any atom is -0.340 e. The summed E-state index contributed by atoms with van der Waals surface area (Å²) in [6.07, 6.45) is 9.52. The van der Waals surface area contributed by atoms with Gasteiger partial charge in [-0.2, -0.15) is 0 Å². The molecule has 2 fully saturated rings. The summed E-state index contributed by atoms with van der Waals surface area (Å²) < 4.78 is 0. The fraction of sp³-hybridized carbons (Fsp3) is 0.600. The van der Waals surface area contributed by atoms with Crippen molar-refractivity contribution in [3.8, 4) is 0 Å². The van der Waals surface area contributed by atoms with Crippen LogP contribution in [-0.4, -0.2) is 46.9 Å². The number of benzene rings is 1. The van der Waals surface area contributed by atoms with E-state index in [1.54, 1.807) is 0 Å². The summed E-state index contributed by atoms with van der Waals surface area (Å²) in [6.45, 7) is 6.84. The highest BCUT2D eigenvalue weighted by molar-refractivity contribution is 7.15. The van der Waals surface area contributed by atoms with Gasteiger partial charge >= 0.3 is 0 Å². The van der Waals surface area contributed by atoms with Crippen molar-refractivity contribution < 1.29 is 4.79 Å². The van der Waals surface area contributed by atoms with E-state index in [-0.39, 0.29) is 0 Å². The first-order chi connectivity index (χ1) is 15.2. The maximum absolute atomic E-state index is 12.7. The van der Waals surface area contributed by atoms with Crippen LogP contribution in [-0.2, 0) is 24.2 Å². The van der Waals surface area contributed by atoms with E-state index in [2.05, 4.69) is 40.2 Å². The van der Waals surface area contributed by atoms with Gasteiger partial charge in [-0.25, -0.2) is 4.98 Å². The fourth-order valence-corrected chi connectivity index (χ4v) is 6.37. The van der Waals surface area contributed by atoms with Gasteiger partial charge in [0.2, 0.25) is 5.91 Å². The Morgan fingerprint density at radius 2 is 1.87 bits per heavy atom. The Morgan fingerprint density at radius 1 is 1.10 bits per heavy atom. The van der Waals surface area contributed by atoms with Crippen molar-refractivity contribution in [2.24, 2.45) is 5.92 Å². The number of aromatic nitrogens is 1. The van der Waals surface area contributed by atoms with Gasteiger partial charge in [0.25, 0.3) is 0 Å². The number of hydrogen-bond donors (Lipinski definition) is 1. The number of nitrogens with one attached hydrogen (secondary N) is 1. The van der Waals surface area contributed by atoms with Crippen LogP contribution in [0.3, 0.4) is 0 Å². The fourth-order valence-electron chi connectivity index (χ4n) is 5.31. The smallest absolute Gasteiger partial charge is 0.225 e. The molecule has 6 heteroatoms. The summed E-state index contributed by atoms with van der Waals surface area (Å²) in [5, 5.41) is 4.63. The van der Waals surface area contributed by atoms with Gasteiger partial charge in [0.05, 0.1) is 5.69 Å². The largest absolute Gasteiger partial charge is 0.340 e. The van der Waals surface area contributed by atoms with E-state index in [0.717, 1.165) is 57.1 Å². The summed E-state index contributed by atoms with van der Waals surface area (Å²) in [7, 11) is 0. The molecule has 31 heavy (non-hydrogen) atoms. The second-order valence-electron chi connectivity index (χ2n) is 9.39. The molecule has 2 aromatic rings. The number of rotatable bonds is 5. The third-order valence-corrected chi connectivity index (χ3v) is 8.39. The number of thiazole rings is 1. The van der Waals surface area contributed by atoms with Gasteiger partial charge in [0.15, 0.2) is 5.13 Å².